The van der Waals surface area contributed by atoms with Crippen LogP contribution in [0.4, 0.5) is 0 Å². The fourth-order valence-corrected chi connectivity index (χ4v) is 3.73. The molecular formula is C26H29ClN2O2. The molecule has 1 heterocycles. The van der Waals surface area contributed by atoms with Gasteiger partial charge in [0, 0.05) is 29.5 Å². The minimum atomic E-state index is -0.178. The van der Waals surface area contributed by atoms with Crippen molar-refractivity contribution in [3.8, 4) is 11.3 Å². The summed E-state index contributed by atoms with van der Waals surface area (Å²) in [5, 5.41) is 0.640. The Hall–Kier alpha value is -2.72. The molecule has 5 heteroatoms. The van der Waals surface area contributed by atoms with E-state index in [1.165, 1.54) is 11.6 Å². The van der Waals surface area contributed by atoms with Gasteiger partial charge in [-0.15, -0.1) is 0 Å². The first kappa shape index (κ1) is 23.0. The van der Waals surface area contributed by atoms with Crippen molar-refractivity contribution in [2.45, 2.75) is 58.4 Å². The lowest BCUT2D eigenvalue weighted by Crippen LogP contribution is -2.28. The molecular weight excluding hydrogens is 408 g/mol. The topological polar surface area (TPSA) is 52.0 Å². The number of rotatable bonds is 11. The molecule has 0 aliphatic heterocycles. The molecule has 0 spiro atoms. The smallest absolute Gasteiger partial charge is 0.254 e. The van der Waals surface area contributed by atoms with E-state index in [-0.39, 0.29) is 17.9 Å². The summed E-state index contributed by atoms with van der Waals surface area (Å²) in [6.45, 7) is 2.23. The molecule has 1 aromatic heterocycles. The predicted molar refractivity (Wildman–Crippen MR) is 127 cm³/mol. The Labute approximate surface area is 188 Å². The lowest BCUT2D eigenvalue weighted by atomic mass is 10.1. The average Bonchev–Trinajstić information content (AvgIpc) is 2.77. The third-order valence-electron chi connectivity index (χ3n) is 5.33. The molecule has 0 fully saturated rings. The number of Topliss-reactive ketones (excluding diaryl/α,β-unsaturated/α-hetero) is 1. The van der Waals surface area contributed by atoms with Crippen LogP contribution in [0.2, 0.25) is 5.02 Å². The van der Waals surface area contributed by atoms with Crippen molar-refractivity contribution in [2.75, 3.05) is 0 Å². The van der Waals surface area contributed by atoms with Crippen molar-refractivity contribution in [2.24, 2.45) is 0 Å². The van der Waals surface area contributed by atoms with E-state index in [0.29, 0.717) is 29.4 Å². The van der Waals surface area contributed by atoms with Crippen molar-refractivity contribution in [3.63, 3.8) is 0 Å². The number of nitrogens with zero attached hydrogens (tertiary/aromatic N) is 2. The molecule has 0 saturated heterocycles. The van der Waals surface area contributed by atoms with Gasteiger partial charge in [0.05, 0.1) is 12.2 Å². The van der Waals surface area contributed by atoms with Crippen molar-refractivity contribution < 1.29 is 4.79 Å². The zero-order valence-electron chi connectivity index (χ0n) is 18.0. The number of carbonyl (C=O) groups is 1. The van der Waals surface area contributed by atoms with E-state index in [2.05, 4.69) is 19.1 Å². The Morgan fingerprint density at radius 1 is 0.968 bits per heavy atom. The number of hydrogen-bond acceptors (Lipinski definition) is 3. The fraction of sp³-hybridized carbons (Fsp3) is 0.346. The van der Waals surface area contributed by atoms with Gasteiger partial charge in [0.15, 0.2) is 5.78 Å². The summed E-state index contributed by atoms with van der Waals surface area (Å²) in [6, 6.07) is 19.0. The van der Waals surface area contributed by atoms with Crippen LogP contribution in [0.5, 0.6) is 0 Å². The number of carbonyl (C=O) groups excluding carboxylic acids is 1. The van der Waals surface area contributed by atoms with Crippen LogP contribution in [0.1, 0.15) is 50.4 Å². The van der Waals surface area contributed by atoms with E-state index in [4.69, 9.17) is 16.6 Å². The molecule has 0 N–H and O–H groups in total. The first-order valence-electron chi connectivity index (χ1n) is 11.0. The second kappa shape index (κ2) is 11.6. The molecule has 0 aliphatic carbocycles. The Kier molecular flexibility index (Phi) is 8.60. The highest BCUT2D eigenvalue weighted by Crippen LogP contribution is 2.19. The SMILES string of the molecule is CCCCCc1nc(-c2ccc(Cl)cc2)cc(=O)n1CC(=O)CCCc1ccccc1. The summed E-state index contributed by atoms with van der Waals surface area (Å²) in [5.41, 5.74) is 2.52. The van der Waals surface area contributed by atoms with Crippen molar-refractivity contribution >= 4 is 17.4 Å². The molecule has 0 atom stereocenters. The van der Waals surface area contributed by atoms with Crippen LogP contribution < -0.4 is 5.56 Å². The van der Waals surface area contributed by atoms with E-state index >= 15 is 0 Å². The number of benzene rings is 2. The maximum Gasteiger partial charge on any atom is 0.254 e. The van der Waals surface area contributed by atoms with Crippen molar-refractivity contribution in [3.05, 3.63) is 87.4 Å². The van der Waals surface area contributed by atoms with E-state index in [1.807, 2.05) is 30.3 Å². The highest BCUT2D eigenvalue weighted by molar-refractivity contribution is 6.30. The second-order valence-electron chi connectivity index (χ2n) is 7.82. The summed E-state index contributed by atoms with van der Waals surface area (Å²) < 4.78 is 1.56. The summed E-state index contributed by atoms with van der Waals surface area (Å²) in [7, 11) is 0. The monoisotopic (exact) mass is 436 g/mol. The third kappa shape index (κ3) is 6.90. The molecule has 2 aromatic carbocycles. The quantitative estimate of drug-likeness (QED) is 0.352. The summed E-state index contributed by atoms with van der Waals surface area (Å²) in [6.07, 6.45) is 5.86. The molecule has 0 radical (unpaired) electrons. The number of hydrogen-bond donors (Lipinski definition) is 0. The van der Waals surface area contributed by atoms with Gasteiger partial charge in [-0.3, -0.25) is 14.2 Å². The van der Waals surface area contributed by atoms with E-state index < -0.39 is 0 Å². The third-order valence-corrected chi connectivity index (χ3v) is 5.58. The van der Waals surface area contributed by atoms with Gasteiger partial charge in [0.1, 0.15) is 5.82 Å². The molecule has 0 amide bonds. The zero-order valence-corrected chi connectivity index (χ0v) is 18.8. The Morgan fingerprint density at radius 3 is 2.42 bits per heavy atom. The molecule has 0 unspecified atom stereocenters. The van der Waals surface area contributed by atoms with E-state index in [0.717, 1.165) is 37.7 Å². The number of ketones is 1. The zero-order chi connectivity index (χ0) is 22.1. The van der Waals surface area contributed by atoms with Crippen LogP contribution in [0.3, 0.4) is 0 Å². The van der Waals surface area contributed by atoms with Crippen LogP contribution in [0, 0.1) is 0 Å². The molecule has 0 saturated carbocycles. The molecule has 31 heavy (non-hydrogen) atoms. The van der Waals surface area contributed by atoms with E-state index in [1.54, 1.807) is 16.7 Å². The minimum absolute atomic E-state index is 0.0656. The van der Waals surface area contributed by atoms with Crippen LogP contribution in [-0.2, 0) is 24.2 Å². The fourth-order valence-electron chi connectivity index (χ4n) is 3.61. The average molecular weight is 437 g/mol. The number of aromatic nitrogens is 2. The van der Waals surface area contributed by atoms with Crippen LogP contribution in [-0.4, -0.2) is 15.3 Å². The number of aryl methyl sites for hydroxylation is 2. The van der Waals surface area contributed by atoms with Gasteiger partial charge in [-0.1, -0.05) is 73.8 Å². The van der Waals surface area contributed by atoms with Gasteiger partial charge in [-0.25, -0.2) is 4.98 Å². The Morgan fingerprint density at radius 2 is 1.71 bits per heavy atom. The number of halogens is 1. The van der Waals surface area contributed by atoms with Gasteiger partial charge < -0.3 is 0 Å². The van der Waals surface area contributed by atoms with E-state index in [9.17, 15) is 9.59 Å². The predicted octanol–water partition coefficient (Wildman–Crippen LogP) is 5.89. The lowest BCUT2D eigenvalue weighted by molar-refractivity contribution is -0.119. The maximum atomic E-state index is 12.9. The summed E-state index contributed by atoms with van der Waals surface area (Å²) >= 11 is 5.99. The Balaban J connectivity index is 1.74. The molecule has 162 valence electrons. The van der Waals surface area contributed by atoms with Crippen molar-refractivity contribution in [1.29, 1.82) is 0 Å². The normalized spacial score (nSPS) is 10.9. The van der Waals surface area contributed by atoms with Gasteiger partial charge in [-0.05, 0) is 37.0 Å². The highest BCUT2D eigenvalue weighted by atomic mass is 35.5. The largest absolute Gasteiger partial charge is 0.298 e. The Bertz CT molecular complexity index is 1040. The van der Waals surface area contributed by atoms with Gasteiger partial charge in [0.2, 0.25) is 0 Å². The van der Waals surface area contributed by atoms with Crippen LogP contribution in [0.25, 0.3) is 11.3 Å². The van der Waals surface area contributed by atoms with Crippen molar-refractivity contribution in [1.82, 2.24) is 9.55 Å². The molecule has 0 bridgehead atoms. The van der Waals surface area contributed by atoms with Gasteiger partial charge in [-0.2, -0.15) is 0 Å². The van der Waals surface area contributed by atoms with Gasteiger partial charge >= 0.3 is 0 Å². The van der Waals surface area contributed by atoms with Gasteiger partial charge in [0.25, 0.3) is 5.56 Å². The highest BCUT2D eigenvalue weighted by Gasteiger charge is 2.13. The van der Waals surface area contributed by atoms with Crippen LogP contribution in [0.15, 0.2) is 65.5 Å². The first-order valence-corrected chi connectivity index (χ1v) is 11.4. The molecule has 3 rings (SSSR count). The molecule has 3 aromatic rings. The minimum Gasteiger partial charge on any atom is -0.298 e. The molecule has 0 aliphatic rings. The lowest BCUT2D eigenvalue weighted by Gasteiger charge is -2.13. The standard InChI is InChI=1S/C26H29ClN2O2/c1-2-3-5-13-25-28-24(21-14-16-22(27)17-15-21)18-26(31)29(25)19-23(30)12-8-11-20-9-6-4-7-10-20/h4,6-7,9-10,14-18H,2-3,5,8,11-13,19H2,1H3. The molecule has 4 nitrogen and oxygen atoms in total. The van der Waals surface area contributed by atoms with Crippen LogP contribution >= 0.6 is 11.6 Å². The second-order valence-corrected chi connectivity index (χ2v) is 8.26. The summed E-state index contributed by atoms with van der Waals surface area (Å²) in [4.78, 5) is 30.3. The number of unbranched alkanes of at least 4 members (excludes halogenated alkanes) is 2. The maximum absolute atomic E-state index is 12.9. The first-order chi connectivity index (χ1) is 15.1. The summed E-state index contributed by atoms with van der Waals surface area (Å²) in [5.74, 6) is 0.748.